The van der Waals surface area contributed by atoms with Gasteiger partial charge in [-0.05, 0) is 43.3 Å². The van der Waals surface area contributed by atoms with Crippen molar-refractivity contribution >= 4 is 21.2 Å². The molecule has 2 aromatic rings. The molecule has 4 heteroatoms. The van der Waals surface area contributed by atoms with Crippen molar-refractivity contribution in [1.82, 2.24) is 0 Å². The molecule has 0 N–H and O–H groups in total. The van der Waals surface area contributed by atoms with Gasteiger partial charge in [-0.2, -0.15) is 0 Å². The predicted molar refractivity (Wildman–Crippen MR) is 94.4 cm³/mol. The van der Waals surface area contributed by atoms with Crippen LogP contribution in [0.1, 0.15) is 5.56 Å². The second kappa shape index (κ2) is 5.56. The molecule has 1 aliphatic heterocycles. The van der Waals surface area contributed by atoms with Crippen LogP contribution in [0.3, 0.4) is 0 Å². The Morgan fingerprint density at radius 1 is 0.957 bits per heavy atom. The maximum absolute atomic E-state index is 12.8. The van der Waals surface area contributed by atoms with Crippen molar-refractivity contribution in [3.63, 3.8) is 0 Å². The molecule has 0 amide bonds. The predicted octanol–water partition coefficient (Wildman–Crippen LogP) is 4.50. The van der Waals surface area contributed by atoms with Crippen molar-refractivity contribution in [2.75, 3.05) is 4.90 Å². The third-order valence-corrected chi connectivity index (χ3v) is 5.73. The molecule has 0 radical (unpaired) electrons. The SMILES string of the molecule is C=CC1=C(C=C)S(=O)(=O)c2ccccc2N1c1ccc(C)cc1. The van der Waals surface area contributed by atoms with Crippen LogP contribution in [0.5, 0.6) is 0 Å². The lowest BCUT2D eigenvalue weighted by Crippen LogP contribution is -2.26. The molecular formula is C19H17NO2S. The van der Waals surface area contributed by atoms with E-state index in [0.29, 0.717) is 11.4 Å². The number of sulfone groups is 1. The standard InChI is InChI=1S/C19H17NO2S/c1-4-16-18(5-2)23(21,22)19-9-7-6-8-17(19)20(16)15-12-10-14(3)11-13-15/h4-13H,1-2H2,3H3. The quantitative estimate of drug-likeness (QED) is 0.834. The van der Waals surface area contributed by atoms with Gasteiger partial charge in [-0.3, -0.25) is 0 Å². The fourth-order valence-electron chi connectivity index (χ4n) is 2.74. The number of hydrogen-bond donors (Lipinski definition) is 0. The average Bonchev–Trinajstić information content (AvgIpc) is 2.55. The Labute approximate surface area is 136 Å². The molecule has 3 rings (SSSR count). The minimum Gasteiger partial charge on any atom is -0.308 e. The summed E-state index contributed by atoms with van der Waals surface area (Å²) in [5, 5.41) is 0. The summed E-state index contributed by atoms with van der Waals surface area (Å²) in [5.74, 6) is 0. The molecule has 2 aromatic carbocycles. The van der Waals surface area contributed by atoms with Gasteiger partial charge in [0.2, 0.25) is 9.84 Å². The lowest BCUT2D eigenvalue weighted by Gasteiger charge is -2.33. The number of para-hydroxylation sites is 1. The number of hydrogen-bond acceptors (Lipinski definition) is 3. The minimum atomic E-state index is -3.59. The van der Waals surface area contributed by atoms with Gasteiger partial charge in [0.15, 0.2) is 0 Å². The highest BCUT2D eigenvalue weighted by Crippen LogP contribution is 2.43. The third-order valence-electron chi connectivity index (χ3n) is 3.85. The molecule has 23 heavy (non-hydrogen) atoms. The number of aryl methyl sites for hydroxylation is 1. The van der Waals surface area contributed by atoms with Crippen molar-refractivity contribution in [3.05, 3.63) is 90.0 Å². The van der Waals surface area contributed by atoms with E-state index in [1.54, 1.807) is 24.3 Å². The first kappa shape index (κ1) is 15.3. The van der Waals surface area contributed by atoms with Crippen LogP contribution < -0.4 is 4.90 Å². The fraction of sp³-hybridized carbons (Fsp3) is 0.0526. The monoisotopic (exact) mass is 323 g/mol. The van der Waals surface area contributed by atoms with Crippen molar-refractivity contribution in [3.8, 4) is 0 Å². The molecule has 3 nitrogen and oxygen atoms in total. The Morgan fingerprint density at radius 2 is 1.61 bits per heavy atom. The van der Waals surface area contributed by atoms with Gasteiger partial charge in [-0.25, -0.2) is 8.42 Å². The van der Waals surface area contributed by atoms with Crippen LogP contribution in [0.25, 0.3) is 0 Å². The van der Waals surface area contributed by atoms with E-state index in [9.17, 15) is 8.42 Å². The zero-order valence-corrected chi connectivity index (χ0v) is 13.7. The largest absolute Gasteiger partial charge is 0.308 e. The van der Waals surface area contributed by atoms with Crippen molar-refractivity contribution in [1.29, 1.82) is 0 Å². The van der Waals surface area contributed by atoms with Crippen LogP contribution in [0.4, 0.5) is 11.4 Å². The van der Waals surface area contributed by atoms with E-state index in [4.69, 9.17) is 0 Å². The van der Waals surface area contributed by atoms with Gasteiger partial charge in [0.1, 0.15) is 0 Å². The number of anilines is 2. The zero-order chi connectivity index (χ0) is 16.6. The van der Waals surface area contributed by atoms with Crippen LogP contribution in [-0.2, 0) is 9.84 Å². The summed E-state index contributed by atoms with van der Waals surface area (Å²) < 4.78 is 25.7. The van der Waals surface area contributed by atoms with Crippen LogP contribution in [0.15, 0.2) is 89.3 Å². The van der Waals surface area contributed by atoms with Gasteiger partial charge in [-0.1, -0.05) is 43.0 Å². The van der Waals surface area contributed by atoms with E-state index in [0.717, 1.165) is 11.3 Å². The second-order valence-electron chi connectivity index (χ2n) is 5.30. The highest BCUT2D eigenvalue weighted by Gasteiger charge is 2.34. The molecule has 0 saturated carbocycles. The minimum absolute atomic E-state index is 0.173. The maximum atomic E-state index is 12.8. The van der Waals surface area contributed by atoms with Crippen LogP contribution in [0, 0.1) is 6.92 Å². The second-order valence-corrected chi connectivity index (χ2v) is 7.19. The fourth-order valence-corrected chi connectivity index (χ4v) is 4.34. The number of rotatable bonds is 3. The van der Waals surface area contributed by atoms with Crippen LogP contribution >= 0.6 is 0 Å². The molecule has 0 unspecified atom stereocenters. The third kappa shape index (κ3) is 2.32. The van der Waals surface area contributed by atoms with Crippen LogP contribution in [0.2, 0.25) is 0 Å². The molecule has 0 saturated heterocycles. The molecule has 0 fully saturated rings. The average molecular weight is 323 g/mol. The molecule has 0 bridgehead atoms. The Kier molecular flexibility index (Phi) is 3.70. The normalized spacial score (nSPS) is 16.0. The maximum Gasteiger partial charge on any atom is 0.210 e. The molecule has 0 aromatic heterocycles. The van der Waals surface area contributed by atoms with Gasteiger partial charge >= 0.3 is 0 Å². The van der Waals surface area contributed by atoms with Crippen molar-refractivity contribution < 1.29 is 8.42 Å². The molecular weight excluding hydrogens is 306 g/mol. The summed E-state index contributed by atoms with van der Waals surface area (Å²) in [5.41, 5.74) is 3.16. The number of allylic oxidation sites excluding steroid dienone is 2. The molecule has 0 aliphatic carbocycles. The van der Waals surface area contributed by atoms with Gasteiger partial charge in [-0.15, -0.1) is 0 Å². The summed E-state index contributed by atoms with van der Waals surface area (Å²) >= 11 is 0. The first-order chi connectivity index (χ1) is 11.0. The molecule has 0 spiro atoms. The van der Waals surface area contributed by atoms with Gasteiger partial charge in [0, 0.05) is 5.69 Å². The molecule has 1 heterocycles. The topological polar surface area (TPSA) is 37.4 Å². The summed E-state index contributed by atoms with van der Waals surface area (Å²) in [6.07, 6.45) is 2.94. The van der Waals surface area contributed by atoms with Crippen LogP contribution in [-0.4, -0.2) is 8.42 Å². The smallest absolute Gasteiger partial charge is 0.210 e. The van der Waals surface area contributed by atoms with Crippen molar-refractivity contribution in [2.24, 2.45) is 0 Å². The van der Waals surface area contributed by atoms with Gasteiger partial charge < -0.3 is 4.90 Å². The number of benzene rings is 2. The summed E-state index contributed by atoms with van der Waals surface area (Å²) in [6.45, 7) is 9.50. The zero-order valence-electron chi connectivity index (χ0n) is 12.9. The highest BCUT2D eigenvalue weighted by atomic mass is 32.2. The molecule has 1 aliphatic rings. The van der Waals surface area contributed by atoms with E-state index in [-0.39, 0.29) is 9.80 Å². The Morgan fingerprint density at radius 3 is 2.22 bits per heavy atom. The van der Waals surface area contributed by atoms with Crippen molar-refractivity contribution in [2.45, 2.75) is 11.8 Å². The molecule has 0 atom stereocenters. The van der Waals surface area contributed by atoms with E-state index in [1.807, 2.05) is 42.2 Å². The highest BCUT2D eigenvalue weighted by molar-refractivity contribution is 7.95. The molecule has 116 valence electrons. The van der Waals surface area contributed by atoms with E-state index in [2.05, 4.69) is 13.2 Å². The Bertz CT molecular complexity index is 922. The first-order valence-corrected chi connectivity index (χ1v) is 8.69. The van der Waals surface area contributed by atoms with E-state index >= 15 is 0 Å². The van der Waals surface area contributed by atoms with Gasteiger partial charge in [0.05, 0.1) is 21.2 Å². The Hall–Kier alpha value is -2.59. The summed E-state index contributed by atoms with van der Waals surface area (Å²) in [4.78, 5) is 2.35. The Balaban J connectivity index is 2.38. The van der Waals surface area contributed by atoms with E-state index < -0.39 is 9.84 Å². The summed E-state index contributed by atoms with van der Waals surface area (Å²) in [7, 11) is -3.59. The first-order valence-electron chi connectivity index (χ1n) is 7.20. The number of nitrogens with zero attached hydrogens (tertiary/aromatic N) is 1. The summed E-state index contributed by atoms with van der Waals surface area (Å²) in [6, 6.07) is 14.9. The lowest BCUT2D eigenvalue weighted by molar-refractivity contribution is 0.601. The van der Waals surface area contributed by atoms with Gasteiger partial charge in [0.25, 0.3) is 0 Å². The lowest BCUT2D eigenvalue weighted by atomic mass is 10.1. The van der Waals surface area contributed by atoms with E-state index in [1.165, 1.54) is 6.08 Å². The number of fused-ring (bicyclic) bond motifs is 1.